The molecule has 1 amide bonds. The van der Waals surface area contributed by atoms with Gasteiger partial charge in [-0.2, -0.15) is 0 Å². The number of hydrogen-bond donors (Lipinski definition) is 1. The molecule has 0 aromatic carbocycles. The number of ether oxygens (including phenoxy) is 1. The number of aromatic amines is 1. The van der Waals surface area contributed by atoms with Crippen molar-refractivity contribution in [2.24, 2.45) is 0 Å². The molecule has 0 spiro atoms. The highest BCUT2D eigenvalue weighted by molar-refractivity contribution is 7.17. The lowest BCUT2D eigenvalue weighted by Crippen LogP contribution is -2.40. The zero-order chi connectivity index (χ0) is 18.8. The van der Waals surface area contributed by atoms with Crippen LogP contribution in [-0.2, 0) is 11.3 Å². The maximum atomic E-state index is 12.5. The van der Waals surface area contributed by atoms with Crippen LogP contribution in [0.15, 0.2) is 34.6 Å². The smallest absolute Gasteiger partial charge is 0.268 e. The quantitative estimate of drug-likeness (QED) is 0.732. The van der Waals surface area contributed by atoms with Crippen LogP contribution < -0.4 is 10.5 Å². The normalized spacial score (nSPS) is 14.5. The van der Waals surface area contributed by atoms with Crippen LogP contribution in [0.5, 0.6) is 0 Å². The molecular weight excluding hydrogens is 366 g/mol. The minimum Gasteiger partial charge on any atom is -0.378 e. The van der Waals surface area contributed by atoms with Crippen LogP contribution in [0, 0.1) is 0 Å². The average molecular weight is 385 g/mol. The lowest BCUT2D eigenvalue weighted by Gasteiger charge is -2.27. The molecule has 0 atom stereocenters. The van der Waals surface area contributed by atoms with E-state index in [2.05, 4.69) is 15.0 Å². The van der Waals surface area contributed by atoms with E-state index in [0.717, 1.165) is 0 Å². The maximum Gasteiger partial charge on any atom is 0.268 e. The van der Waals surface area contributed by atoms with Gasteiger partial charge in [-0.05, 0) is 23.6 Å². The number of pyridine rings is 1. The molecule has 8 nitrogen and oxygen atoms in total. The molecule has 1 fully saturated rings. The van der Waals surface area contributed by atoms with Gasteiger partial charge in [-0.1, -0.05) is 0 Å². The molecule has 4 rings (SSSR count). The van der Waals surface area contributed by atoms with E-state index in [0.29, 0.717) is 60.3 Å². The molecule has 0 radical (unpaired) electrons. The summed E-state index contributed by atoms with van der Waals surface area (Å²) in [5.41, 5.74) is 1.13. The average Bonchev–Trinajstić information content (AvgIpc) is 3.17. The summed E-state index contributed by atoms with van der Waals surface area (Å²) in [5.74, 6) is 1.24. The number of anilines is 1. The van der Waals surface area contributed by atoms with Gasteiger partial charge < -0.3 is 19.5 Å². The van der Waals surface area contributed by atoms with E-state index in [1.807, 2.05) is 23.4 Å². The largest absolute Gasteiger partial charge is 0.378 e. The minimum atomic E-state index is -0.127. The molecular formula is C18H19N5O3S. The van der Waals surface area contributed by atoms with Crippen molar-refractivity contribution in [1.29, 1.82) is 0 Å². The second kappa shape index (κ2) is 7.45. The molecule has 0 saturated carbocycles. The number of carbonyl (C=O) groups is 1. The fourth-order valence-electron chi connectivity index (χ4n) is 2.99. The Morgan fingerprint density at radius 2 is 2.15 bits per heavy atom. The first-order valence-corrected chi connectivity index (χ1v) is 9.50. The van der Waals surface area contributed by atoms with Crippen LogP contribution >= 0.6 is 11.3 Å². The van der Waals surface area contributed by atoms with E-state index in [4.69, 9.17) is 4.74 Å². The Morgan fingerprint density at radius 1 is 1.33 bits per heavy atom. The Labute approximate surface area is 159 Å². The van der Waals surface area contributed by atoms with Crippen LogP contribution in [0.25, 0.3) is 10.2 Å². The van der Waals surface area contributed by atoms with Crippen LogP contribution in [0.4, 0.5) is 5.82 Å². The first-order valence-electron chi connectivity index (χ1n) is 8.62. The van der Waals surface area contributed by atoms with E-state index in [9.17, 15) is 9.59 Å². The highest BCUT2D eigenvalue weighted by atomic mass is 32.1. The van der Waals surface area contributed by atoms with Gasteiger partial charge in [-0.3, -0.25) is 9.59 Å². The number of nitrogens with zero attached hydrogens (tertiary/aromatic N) is 4. The van der Waals surface area contributed by atoms with Crippen molar-refractivity contribution in [2.45, 2.75) is 6.54 Å². The number of H-pyrrole nitrogens is 1. The Kier molecular flexibility index (Phi) is 4.87. The Morgan fingerprint density at radius 3 is 2.89 bits per heavy atom. The molecule has 0 bridgehead atoms. The van der Waals surface area contributed by atoms with Crippen molar-refractivity contribution in [3.8, 4) is 0 Å². The van der Waals surface area contributed by atoms with Crippen LogP contribution in [0.3, 0.4) is 0 Å². The van der Waals surface area contributed by atoms with Crippen molar-refractivity contribution in [2.75, 3.05) is 38.3 Å². The molecule has 3 aromatic heterocycles. The summed E-state index contributed by atoms with van der Waals surface area (Å²) in [6.45, 7) is 2.75. The van der Waals surface area contributed by atoms with Gasteiger partial charge in [0.25, 0.3) is 11.5 Å². The molecule has 0 unspecified atom stereocenters. The minimum absolute atomic E-state index is 0.0334. The third-order valence-electron chi connectivity index (χ3n) is 4.44. The van der Waals surface area contributed by atoms with E-state index in [-0.39, 0.29) is 11.5 Å². The molecule has 0 aliphatic carbocycles. The number of morpholine rings is 1. The summed E-state index contributed by atoms with van der Waals surface area (Å²) in [5, 5.41) is 1.85. The third-order valence-corrected chi connectivity index (χ3v) is 5.34. The van der Waals surface area contributed by atoms with E-state index < -0.39 is 0 Å². The lowest BCUT2D eigenvalue weighted by atomic mass is 10.2. The van der Waals surface area contributed by atoms with Gasteiger partial charge in [-0.25, -0.2) is 9.97 Å². The fourth-order valence-corrected chi connectivity index (χ4v) is 3.72. The van der Waals surface area contributed by atoms with Crippen molar-refractivity contribution in [3.63, 3.8) is 0 Å². The van der Waals surface area contributed by atoms with E-state index >= 15 is 0 Å². The molecule has 1 N–H and O–H groups in total. The predicted octanol–water partition coefficient (Wildman–Crippen LogP) is 1.49. The van der Waals surface area contributed by atoms with E-state index in [1.54, 1.807) is 23.2 Å². The summed E-state index contributed by atoms with van der Waals surface area (Å²) < 4.78 is 5.91. The second-order valence-corrected chi connectivity index (χ2v) is 7.23. The third kappa shape index (κ3) is 3.69. The van der Waals surface area contributed by atoms with Crippen LogP contribution in [0.2, 0.25) is 0 Å². The Balaban J connectivity index is 1.47. The van der Waals surface area contributed by atoms with Crippen LogP contribution in [0.1, 0.15) is 16.2 Å². The number of carbonyl (C=O) groups excluding carboxylic acids is 1. The monoisotopic (exact) mass is 385 g/mol. The van der Waals surface area contributed by atoms with E-state index in [1.165, 1.54) is 11.3 Å². The number of amides is 1. The highest BCUT2D eigenvalue weighted by Gasteiger charge is 2.19. The Bertz CT molecular complexity index is 1010. The van der Waals surface area contributed by atoms with Crippen molar-refractivity contribution >= 4 is 33.3 Å². The van der Waals surface area contributed by atoms with Gasteiger partial charge in [-0.15, -0.1) is 11.3 Å². The van der Waals surface area contributed by atoms with Crippen molar-refractivity contribution in [3.05, 3.63) is 51.5 Å². The summed E-state index contributed by atoms with van der Waals surface area (Å²) in [7, 11) is 1.86. The number of fused-ring (bicyclic) bond motifs is 1. The predicted molar refractivity (Wildman–Crippen MR) is 103 cm³/mol. The Hall–Kier alpha value is -2.78. The number of hydrogen-bond acceptors (Lipinski definition) is 7. The first kappa shape index (κ1) is 17.6. The van der Waals surface area contributed by atoms with Crippen molar-refractivity contribution < 1.29 is 9.53 Å². The summed E-state index contributed by atoms with van der Waals surface area (Å²) in [4.78, 5) is 39.9. The number of aromatic nitrogens is 3. The van der Waals surface area contributed by atoms with Gasteiger partial charge in [0.2, 0.25) is 0 Å². The molecule has 1 aliphatic heterocycles. The molecule has 27 heavy (non-hydrogen) atoms. The topological polar surface area (TPSA) is 91.4 Å². The number of rotatable bonds is 4. The molecule has 9 heteroatoms. The first-order chi connectivity index (χ1) is 13.1. The summed E-state index contributed by atoms with van der Waals surface area (Å²) >= 11 is 1.38. The SMILES string of the molecule is CN(Cc1nc2ccsc2c(=O)[nH]1)c1ccc(C(=O)N2CCOCC2)cn1. The van der Waals surface area contributed by atoms with Gasteiger partial charge >= 0.3 is 0 Å². The molecule has 1 aliphatic rings. The summed E-state index contributed by atoms with van der Waals surface area (Å²) in [6.07, 6.45) is 1.59. The second-order valence-electron chi connectivity index (χ2n) is 6.31. The zero-order valence-electron chi connectivity index (χ0n) is 14.8. The highest BCUT2D eigenvalue weighted by Crippen LogP contribution is 2.16. The zero-order valence-corrected chi connectivity index (χ0v) is 15.7. The molecule has 1 saturated heterocycles. The maximum absolute atomic E-state index is 12.5. The fraction of sp³-hybridized carbons (Fsp3) is 0.333. The lowest BCUT2D eigenvalue weighted by molar-refractivity contribution is 0.0302. The standard InChI is InChI=1S/C18H19N5O3S/c1-22(11-14-20-13-4-9-27-16(13)17(24)21-14)15-3-2-12(10-19-15)18(25)23-5-7-26-8-6-23/h2-4,9-10H,5-8,11H2,1H3,(H,20,21,24). The molecule has 4 heterocycles. The molecule has 140 valence electrons. The van der Waals surface area contributed by atoms with Crippen LogP contribution in [-0.4, -0.2) is 59.1 Å². The number of nitrogens with one attached hydrogen (secondary N) is 1. The van der Waals surface area contributed by atoms with Gasteiger partial charge in [0.15, 0.2) is 0 Å². The van der Waals surface area contributed by atoms with Gasteiger partial charge in [0.05, 0.1) is 30.8 Å². The van der Waals surface area contributed by atoms with Crippen molar-refractivity contribution in [1.82, 2.24) is 19.9 Å². The summed E-state index contributed by atoms with van der Waals surface area (Å²) in [6, 6.07) is 5.41. The molecule has 3 aromatic rings. The van der Waals surface area contributed by atoms with Gasteiger partial charge in [0, 0.05) is 26.3 Å². The van der Waals surface area contributed by atoms with Gasteiger partial charge in [0.1, 0.15) is 16.3 Å². The number of thiophene rings is 1.